The number of anilines is 1. The van der Waals surface area contributed by atoms with E-state index in [1.54, 1.807) is 37.4 Å². The molecule has 7 nitrogen and oxygen atoms in total. The van der Waals surface area contributed by atoms with E-state index in [0.717, 1.165) is 0 Å². The van der Waals surface area contributed by atoms with Crippen LogP contribution in [0, 0.1) is 0 Å². The number of carboxylic acids is 1. The topological polar surface area (TPSA) is 105 Å². The van der Waals surface area contributed by atoms with Crippen LogP contribution in [0.25, 0.3) is 0 Å². The first-order valence-electron chi connectivity index (χ1n) is 6.20. The van der Waals surface area contributed by atoms with Gasteiger partial charge in [-0.05, 0) is 31.2 Å². The van der Waals surface area contributed by atoms with Gasteiger partial charge in [0.05, 0.1) is 0 Å². The maximum Gasteiger partial charge on any atom is 0.341 e. The van der Waals surface area contributed by atoms with Crippen LogP contribution in [0.2, 0.25) is 0 Å². The minimum absolute atomic E-state index is 0.123. The molecule has 1 rings (SSSR count). The number of urea groups is 1. The summed E-state index contributed by atoms with van der Waals surface area (Å²) in [4.78, 5) is 22.0. The average molecular weight is 314 g/mol. The predicted molar refractivity (Wildman–Crippen MR) is 80.1 cm³/mol. The van der Waals surface area contributed by atoms with Crippen LogP contribution in [0.4, 0.5) is 10.5 Å². The lowest BCUT2D eigenvalue weighted by Gasteiger charge is -2.11. The molecule has 1 aromatic rings. The SMILES string of the molecule is CC(CNC(=O)Nc1ccc(OCC(=O)O)cc1)S(C)=O. The number of hydrogen-bond donors (Lipinski definition) is 3. The lowest BCUT2D eigenvalue weighted by Crippen LogP contribution is -2.35. The van der Waals surface area contributed by atoms with E-state index in [-0.39, 0.29) is 5.25 Å². The van der Waals surface area contributed by atoms with Crippen molar-refractivity contribution in [2.75, 3.05) is 24.7 Å². The first-order chi connectivity index (χ1) is 9.88. The van der Waals surface area contributed by atoms with Gasteiger partial charge in [-0.1, -0.05) is 0 Å². The monoisotopic (exact) mass is 314 g/mol. The molecule has 116 valence electrons. The second kappa shape index (κ2) is 8.25. The van der Waals surface area contributed by atoms with Gasteiger partial charge in [0, 0.05) is 34.5 Å². The van der Waals surface area contributed by atoms with E-state index >= 15 is 0 Å². The van der Waals surface area contributed by atoms with Crippen LogP contribution in [0.5, 0.6) is 5.75 Å². The van der Waals surface area contributed by atoms with Crippen molar-refractivity contribution in [3.63, 3.8) is 0 Å². The lowest BCUT2D eigenvalue weighted by atomic mass is 10.3. The highest BCUT2D eigenvalue weighted by molar-refractivity contribution is 7.84. The number of amides is 2. The minimum atomic E-state index is -1.06. The Balaban J connectivity index is 2.42. The minimum Gasteiger partial charge on any atom is -0.482 e. The third-order valence-corrected chi connectivity index (χ3v) is 3.89. The van der Waals surface area contributed by atoms with E-state index < -0.39 is 29.4 Å². The molecule has 0 aliphatic rings. The molecule has 0 saturated heterocycles. The molecule has 0 aromatic heterocycles. The molecule has 0 radical (unpaired) electrons. The van der Waals surface area contributed by atoms with E-state index in [1.807, 2.05) is 0 Å². The maximum absolute atomic E-state index is 11.6. The number of carboxylic acid groups (broad SMARTS) is 1. The Bertz CT molecular complexity index is 518. The molecule has 2 amide bonds. The molecule has 2 atom stereocenters. The van der Waals surface area contributed by atoms with Crippen molar-refractivity contribution in [2.24, 2.45) is 0 Å². The van der Waals surface area contributed by atoms with Gasteiger partial charge in [0.2, 0.25) is 0 Å². The van der Waals surface area contributed by atoms with Gasteiger partial charge in [-0.15, -0.1) is 0 Å². The largest absolute Gasteiger partial charge is 0.482 e. The summed E-state index contributed by atoms with van der Waals surface area (Å²) in [6, 6.07) is 5.91. The van der Waals surface area contributed by atoms with Gasteiger partial charge in [-0.3, -0.25) is 4.21 Å². The van der Waals surface area contributed by atoms with Gasteiger partial charge in [0.25, 0.3) is 0 Å². The van der Waals surface area contributed by atoms with Crippen LogP contribution < -0.4 is 15.4 Å². The number of nitrogens with one attached hydrogen (secondary N) is 2. The summed E-state index contributed by atoms with van der Waals surface area (Å²) in [5.41, 5.74) is 0.542. The molecule has 0 bridgehead atoms. The maximum atomic E-state index is 11.6. The molecule has 2 unspecified atom stereocenters. The number of ether oxygens (including phenoxy) is 1. The summed E-state index contributed by atoms with van der Waals surface area (Å²) in [6.45, 7) is 1.68. The van der Waals surface area contributed by atoms with Crippen molar-refractivity contribution in [3.05, 3.63) is 24.3 Å². The molecule has 3 N–H and O–H groups in total. The third-order valence-electron chi connectivity index (χ3n) is 2.59. The number of carbonyl (C=O) groups excluding carboxylic acids is 1. The highest BCUT2D eigenvalue weighted by atomic mass is 32.2. The van der Waals surface area contributed by atoms with Crippen molar-refractivity contribution in [1.82, 2.24) is 5.32 Å². The van der Waals surface area contributed by atoms with Crippen LogP contribution in [-0.4, -0.2) is 46.0 Å². The van der Waals surface area contributed by atoms with E-state index in [1.165, 1.54) is 0 Å². The van der Waals surface area contributed by atoms with Gasteiger partial charge in [0.15, 0.2) is 6.61 Å². The van der Waals surface area contributed by atoms with Crippen LogP contribution in [0.1, 0.15) is 6.92 Å². The lowest BCUT2D eigenvalue weighted by molar-refractivity contribution is -0.139. The Morgan fingerprint density at radius 3 is 2.48 bits per heavy atom. The molecule has 0 aliphatic heterocycles. The van der Waals surface area contributed by atoms with Crippen molar-refractivity contribution in [2.45, 2.75) is 12.2 Å². The molecule has 0 fully saturated rings. The number of hydrogen-bond acceptors (Lipinski definition) is 4. The molecule has 0 spiro atoms. The molecule has 1 aromatic carbocycles. The molecular weight excluding hydrogens is 296 g/mol. The fraction of sp³-hybridized carbons (Fsp3) is 0.385. The summed E-state index contributed by atoms with van der Waals surface area (Å²) in [7, 11) is -0.990. The van der Waals surface area contributed by atoms with Crippen molar-refractivity contribution < 1.29 is 23.6 Å². The highest BCUT2D eigenvalue weighted by Crippen LogP contribution is 2.15. The molecule has 0 saturated carbocycles. The van der Waals surface area contributed by atoms with Gasteiger partial charge in [0.1, 0.15) is 5.75 Å². The van der Waals surface area contributed by atoms with Gasteiger partial charge >= 0.3 is 12.0 Å². The van der Waals surface area contributed by atoms with Crippen LogP contribution >= 0.6 is 0 Å². The number of benzene rings is 1. The second-order valence-electron chi connectivity index (χ2n) is 4.35. The fourth-order valence-corrected chi connectivity index (χ4v) is 1.63. The zero-order chi connectivity index (χ0) is 15.8. The fourth-order valence-electron chi connectivity index (χ4n) is 1.31. The predicted octanol–water partition coefficient (Wildman–Crippen LogP) is 1.04. The third kappa shape index (κ3) is 6.75. The van der Waals surface area contributed by atoms with Crippen molar-refractivity contribution in [1.29, 1.82) is 0 Å². The molecule has 0 aliphatic carbocycles. The summed E-state index contributed by atoms with van der Waals surface area (Å²) in [6.07, 6.45) is 1.58. The number of aliphatic carboxylic acids is 1. The normalized spacial score (nSPS) is 13.0. The Kier molecular flexibility index (Phi) is 6.67. The van der Waals surface area contributed by atoms with Crippen LogP contribution in [0.3, 0.4) is 0 Å². The van der Waals surface area contributed by atoms with Gasteiger partial charge in [-0.2, -0.15) is 0 Å². The molecule has 0 heterocycles. The average Bonchev–Trinajstić information content (AvgIpc) is 2.43. The highest BCUT2D eigenvalue weighted by Gasteiger charge is 2.08. The first kappa shape index (κ1) is 17.0. The summed E-state index contributed by atoms with van der Waals surface area (Å²) in [5.74, 6) is -0.655. The molecular formula is C13H18N2O5S. The van der Waals surface area contributed by atoms with E-state index in [9.17, 15) is 13.8 Å². The Hall–Kier alpha value is -2.09. The Morgan fingerprint density at radius 1 is 1.33 bits per heavy atom. The summed E-state index contributed by atoms with van der Waals surface area (Å²) < 4.78 is 16.1. The van der Waals surface area contributed by atoms with E-state index in [2.05, 4.69) is 10.6 Å². The Labute approximate surface area is 125 Å². The summed E-state index contributed by atoms with van der Waals surface area (Å²) >= 11 is 0. The van der Waals surface area contributed by atoms with E-state index in [0.29, 0.717) is 18.0 Å². The number of carbonyl (C=O) groups is 2. The first-order valence-corrected chi connectivity index (χ1v) is 7.82. The van der Waals surface area contributed by atoms with Gasteiger partial charge < -0.3 is 20.5 Å². The molecule has 21 heavy (non-hydrogen) atoms. The smallest absolute Gasteiger partial charge is 0.341 e. The quantitative estimate of drug-likeness (QED) is 0.697. The second-order valence-corrected chi connectivity index (χ2v) is 6.15. The van der Waals surface area contributed by atoms with Crippen LogP contribution in [-0.2, 0) is 15.6 Å². The van der Waals surface area contributed by atoms with E-state index in [4.69, 9.17) is 9.84 Å². The van der Waals surface area contributed by atoms with Crippen molar-refractivity contribution >= 4 is 28.5 Å². The zero-order valence-corrected chi connectivity index (χ0v) is 12.6. The molecule has 8 heteroatoms. The van der Waals surface area contributed by atoms with Crippen molar-refractivity contribution in [3.8, 4) is 5.75 Å². The zero-order valence-electron chi connectivity index (χ0n) is 11.8. The number of rotatable bonds is 7. The van der Waals surface area contributed by atoms with Gasteiger partial charge in [-0.25, -0.2) is 9.59 Å². The standard InChI is InChI=1S/C13H18N2O5S/c1-9(21(2)19)7-14-13(18)15-10-3-5-11(6-4-10)20-8-12(16)17/h3-6,9H,7-8H2,1-2H3,(H,16,17)(H2,14,15,18). The Morgan fingerprint density at radius 2 is 1.95 bits per heavy atom. The summed E-state index contributed by atoms with van der Waals surface area (Å²) in [5, 5.41) is 13.6. The van der Waals surface area contributed by atoms with Crippen LogP contribution in [0.15, 0.2) is 24.3 Å².